The van der Waals surface area contributed by atoms with Gasteiger partial charge in [-0.05, 0) is 75.4 Å². The molecule has 1 unspecified atom stereocenters. The number of nitrogens with zero attached hydrogens (tertiary/aromatic N) is 2. The molecule has 0 bridgehead atoms. The van der Waals surface area contributed by atoms with Gasteiger partial charge in [0.1, 0.15) is 11.6 Å². The van der Waals surface area contributed by atoms with Crippen molar-refractivity contribution in [3.05, 3.63) is 57.9 Å². The number of nitrogens with one attached hydrogen (secondary N) is 1. The number of aromatic nitrogens is 1. The van der Waals surface area contributed by atoms with Crippen LogP contribution in [0.25, 0.3) is 6.08 Å². The Hall–Kier alpha value is -2.84. The molecule has 2 aromatic rings. The van der Waals surface area contributed by atoms with Gasteiger partial charge in [0.2, 0.25) is 0 Å². The molecule has 1 atom stereocenters. The van der Waals surface area contributed by atoms with Crippen LogP contribution in [0.5, 0.6) is 0 Å². The molecule has 5 nitrogen and oxygen atoms in total. The molecule has 1 fully saturated rings. The van der Waals surface area contributed by atoms with Gasteiger partial charge >= 0.3 is 0 Å². The number of benzene rings is 1. The second kappa shape index (κ2) is 8.45. The van der Waals surface area contributed by atoms with Crippen LogP contribution in [-0.2, 0) is 16.1 Å². The standard InChI is InChI=1S/C23H27N3O2/c1-15-7-8-16(2)22(10-15)25-23(27)20(13-24)12-19-11-17(3)26(18(19)4)14-21-6-5-9-28-21/h7-8,10-12,21H,5-6,9,14H2,1-4H3,(H,25,27)/b20-12+. The first-order valence-electron chi connectivity index (χ1n) is 9.67. The van der Waals surface area contributed by atoms with Crippen molar-refractivity contribution < 1.29 is 9.53 Å². The fourth-order valence-corrected chi connectivity index (χ4v) is 3.61. The van der Waals surface area contributed by atoms with Crippen molar-refractivity contribution in [1.82, 2.24) is 4.57 Å². The van der Waals surface area contributed by atoms with Crippen molar-refractivity contribution in [2.24, 2.45) is 0 Å². The Balaban J connectivity index is 1.83. The summed E-state index contributed by atoms with van der Waals surface area (Å²) >= 11 is 0. The highest BCUT2D eigenvalue weighted by Crippen LogP contribution is 2.23. The summed E-state index contributed by atoms with van der Waals surface area (Å²) in [7, 11) is 0. The van der Waals surface area contributed by atoms with Gasteiger partial charge in [-0.3, -0.25) is 4.79 Å². The molecule has 0 radical (unpaired) electrons. The lowest BCUT2D eigenvalue weighted by Crippen LogP contribution is -2.17. The maximum absolute atomic E-state index is 12.7. The van der Waals surface area contributed by atoms with Crippen molar-refractivity contribution in [3.8, 4) is 6.07 Å². The van der Waals surface area contributed by atoms with Crippen LogP contribution in [-0.4, -0.2) is 23.2 Å². The van der Waals surface area contributed by atoms with E-state index in [0.29, 0.717) is 0 Å². The van der Waals surface area contributed by atoms with Crippen LogP contribution in [0.3, 0.4) is 0 Å². The second-order valence-corrected chi connectivity index (χ2v) is 7.51. The molecule has 2 heterocycles. The van der Waals surface area contributed by atoms with Crippen LogP contribution >= 0.6 is 0 Å². The Morgan fingerprint density at radius 3 is 2.79 bits per heavy atom. The lowest BCUT2D eigenvalue weighted by atomic mass is 10.1. The third-order valence-electron chi connectivity index (χ3n) is 5.33. The van der Waals surface area contributed by atoms with Crippen molar-refractivity contribution in [1.29, 1.82) is 5.26 Å². The van der Waals surface area contributed by atoms with Crippen LogP contribution in [0.4, 0.5) is 5.69 Å². The number of anilines is 1. The van der Waals surface area contributed by atoms with Gasteiger partial charge in [0.15, 0.2) is 0 Å². The largest absolute Gasteiger partial charge is 0.376 e. The number of amides is 1. The van der Waals surface area contributed by atoms with E-state index in [1.165, 1.54) is 0 Å². The summed E-state index contributed by atoms with van der Waals surface area (Å²) in [6.45, 7) is 9.60. The Kier molecular flexibility index (Phi) is 6.01. The maximum Gasteiger partial charge on any atom is 0.266 e. The van der Waals surface area contributed by atoms with E-state index in [1.54, 1.807) is 6.08 Å². The Bertz CT molecular complexity index is 957. The quantitative estimate of drug-likeness (QED) is 0.618. The summed E-state index contributed by atoms with van der Waals surface area (Å²) < 4.78 is 7.96. The van der Waals surface area contributed by atoms with Gasteiger partial charge in [0.05, 0.1) is 6.10 Å². The molecule has 0 aliphatic carbocycles. The van der Waals surface area contributed by atoms with Crippen molar-refractivity contribution in [2.75, 3.05) is 11.9 Å². The van der Waals surface area contributed by atoms with E-state index in [2.05, 4.69) is 9.88 Å². The first kappa shape index (κ1) is 19.9. The average Bonchev–Trinajstić information content (AvgIpc) is 3.26. The van der Waals surface area contributed by atoms with Crippen LogP contribution in [0.1, 0.15) is 40.9 Å². The molecule has 1 saturated heterocycles. The van der Waals surface area contributed by atoms with Crippen LogP contribution in [0.2, 0.25) is 0 Å². The van der Waals surface area contributed by atoms with Crippen molar-refractivity contribution >= 4 is 17.7 Å². The van der Waals surface area contributed by atoms with Gasteiger partial charge in [-0.15, -0.1) is 0 Å². The third kappa shape index (κ3) is 4.35. The number of ether oxygens (including phenoxy) is 1. The highest BCUT2D eigenvalue weighted by atomic mass is 16.5. The highest BCUT2D eigenvalue weighted by molar-refractivity contribution is 6.10. The van der Waals surface area contributed by atoms with E-state index in [4.69, 9.17) is 4.74 Å². The molecular formula is C23H27N3O2. The second-order valence-electron chi connectivity index (χ2n) is 7.51. The molecule has 1 aromatic carbocycles. The third-order valence-corrected chi connectivity index (χ3v) is 5.33. The van der Waals surface area contributed by atoms with E-state index >= 15 is 0 Å². The lowest BCUT2D eigenvalue weighted by molar-refractivity contribution is -0.112. The first-order valence-corrected chi connectivity index (χ1v) is 9.67. The van der Waals surface area contributed by atoms with Crippen molar-refractivity contribution in [2.45, 2.75) is 53.2 Å². The first-order chi connectivity index (χ1) is 13.4. The molecule has 0 saturated carbocycles. The van der Waals surface area contributed by atoms with E-state index in [9.17, 15) is 10.1 Å². The van der Waals surface area contributed by atoms with Gasteiger partial charge in [0.25, 0.3) is 5.91 Å². The summed E-state index contributed by atoms with van der Waals surface area (Å²) in [5.41, 5.74) is 5.88. The summed E-state index contributed by atoms with van der Waals surface area (Å²) in [6.07, 6.45) is 4.09. The van der Waals surface area contributed by atoms with Gasteiger partial charge < -0.3 is 14.6 Å². The SMILES string of the molecule is Cc1ccc(C)c(NC(=O)/C(C#N)=C/c2cc(C)n(CC3CCCO3)c2C)c1. The number of rotatable bonds is 5. The summed E-state index contributed by atoms with van der Waals surface area (Å²) in [5.74, 6) is -0.389. The minimum absolute atomic E-state index is 0.0956. The van der Waals surface area contributed by atoms with Crippen LogP contribution in [0, 0.1) is 39.0 Å². The van der Waals surface area contributed by atoms with Crippen LogP contribution in [0.15, 0.2) is 29.8 Å². The fraction of sp³-hybridized carbons (Fsp3) is 0.391. The number of nitriles is 1. The Labute approximate surface area is 166 Å². The molecule has 1 amide bonds. The predicted octanol–water partition coefficient (Wildman–Crippen LogP) is 4.45. The molecule has 1 N–H and O–H groups in total. The zero-order valence-corrected chi connectivity index (χ0v) is 17.0. The molecule has 28 heavy (non-hydrogen) atoms. The molecule has 5 heteroatoms. The van der Waals surface area contributed by atoms with Crippen molar-refractivity contribution in [3.63, 3.8) is 0 Å². The summed E-state index contributed by atoms with van der Waals surface area (Å²) in [6, 6.07) is 9.93. The number of carbonyl (C=O) groups is 1. The zero-order valence-electron chi connectivity index (χ0n) is 17.0. The average molecular weight is 377 g/mol. The van der Waals surface area contributed by atoms with E-state index in [-0.39, 0.29) is 17.6 Å². The topological polar surface area (TPSA) is 67.0 Å². The Morgan fingerprint density at radius 2 is 2.11 bits per heavy atom. The van der Waals surface area contributed by atoms with E-state index in [1.807, 2.05) is 58.0 Å². The number of hydrogen-bond acceptors (Lipinski definition) is 3. The molecule has 1 aliphatic rings. The van der Waals surface area contributed by atoms with E-state index in [0.717, 1.165) is 59.8 Å². The molecule has 146 valence electrons. The lowest BCUT2D eigenvalue weighted by Gasteiger charge is -2.14. The highest BCUT2D eigenvalue weighted by Gasteiger charge is 2.19. The molecule has 3 rings (SSSR count). The van der Waals surface area contributed by atoms with Gasteiger partial charge in [0, 0.05) is 30.2 Å². The number of hydrogen-bond donors (Lipinski definition) is 1. The predicted molar refractivity (Wildman–Crippen MR) is 111 cm³/mol. The summed E-state index contributed by atoms with van der Waals surface area (Å²) in [5, 5.41) is 12.4. The molecular weight excluding hydrogens is 350 g/mol. The normalized spacial score (nSPS) is 16.8. The van der Waals surface area contributed by atoms with Gasteiger partial charge in [-0.2, -0.15) is 5.26 Å². The van der Waals surface area contributed by atoms with Crippen LogP contribution < -0.4 is 5.32 Å². The molecule has 1 aromatic heterocycles. The maximum atomic E-state index is 12.7. The van der Waals surface area contributed by atoms with E-state index < -0.39 is 0 Å². The number of carbonyl (C=O) groups excluding carboxylic acids is 1. The molecule has 1 aliphatic heterocycles. The Morgan fingerprint density at radius 1 is 1.32 bits per heavy atom. The minimum Gasteiger partial charge on any atom is -0.376 e. The minimum atomic E-state index is -0.389. The summed E-state index contributed by atoms with van der Waals surface area (Å²) in [4.78, 5) is 12.7. The molecule has 0 spiro atoms. The van der Waals surface area contributed by atoms with Gasteiger partial charge in [-0.1, -0.05) is 12.1 Å². The smallest absolute Gasteiger partial charge is 0.266 e. The fourth-order valence-electron chi connectivity index (χ4n) is 3.61. The van der Waals surface area contributed by atoms with Gasteiger partial charge in [-0.25, -0.2) is 0 Å². The zero-order chi connectivity index (χ0) is 20.3. The number of aryl methyl sites for hydroxylation is 3. The monoisotopic (exact) mass is 377 g/mol.